The van der Waals surface area contributed by atoms with Crippen LogP contribution in [0.1, 0.15) is 16.9 Å². The van der Waals surface area contributed by atoms with Gasteiger partial charge in [-0.2, -0.15) is 0 Å². The third kappa shape index (κ3) is 3.95. The highest BCUT2D eigenvalue weighted by atomic mass is 16.5. The molecule has 1 aliphatic heterocycles. The van der Waals surface area contributed by atoms with Gasteiger partial charge in [0.05, 0.1) is 13.0 Å². The number of carbonyl (C=O) groups is 2. The Hall–Kier alpha value is -2.76. The molecule has 6 heteroatoms. The molecular weight excluding hydrogens is 306 g/mol. The van der Waals surface area contributed by atoms with Crippen LogP contribution < -0.4 is 4.74 Å². The molecule has 0 unspecified atom stereocenters. The quantitative estimate of drug-likeness (QED) is 0.910. The standard InChI is InChI=1S/C18H21N3O3/c22-17(8-14-24-15-5-2-1-3-6-15)20-10-12-21(13-11-20)18(23)16-7-4-9-19-16/h1-7,9,19H,8,10-14H2. The SMILES string of the molecule is O=C(CCOc1ccccc1)N1CCN(C(=O)c2ccc[nH]2)CC1. The molecule has 0 atom stereocenters. The van der Waals surface area contributed by atoms with Gasteiger partial charge in [-0.15, -0.1) is 0 Å². The number of piperazine rings is 1. The minimum Gasteiger partial charge on any atom is -0.493 e. The van der Waals surface area contributed by atoms with Gasteiger partial charge in [0, 0.05) is 32.4 Å². The number of amides is 2. The number of H-pyrrole nitrogens is 1. The minimum atomic E-state index is -0.0143. The zero-order valence-electron chi connectivity index (χ0n) is 13.5. The second-order valence-corrected chi connectivity index (χ2v) is 5.67. The molecule has 1 saturated heterocycles. The molecule has 1 N–H and O–H groups in total. The number of aromatic nitrogens is 1. The maximum atomic E-state index is 12.2. The molecule has 0 spiro atoms. The molecule has 2 heterocycles. The summed E-state index contributed by atoms with van der Waals surface area (Å²) in [5, 5.41) is 0. The van der Waals surface area contributed by atoms with Gasteiger partial charge in [-0.3, -0.25) is 9.59 Å². The van der Waals surface area contributed by atoms with Gasteiger partial charge in [0.1, 0.15) is 11.4 Å². The van der Waals surface area contributed by atoms with Gasteiger partial charge in [0.2, 0.25) is 5.91 Å². The van der Waals surface area contributed by atoms with Gasteiger partial charge in [-0.25, -0.2) is 0 Å². The Bertz CT molecular complexity index is 662. The van der Waals surface area contributed by atoms with Crippen molar-refractivity contribution in [3.8, 4) is 5.75 Å². The molecular formula is C18H21N3O3. The molecule has 0 radical (unpaired) electrons. The van der Waals surface area contributed by atoms with E-state index >= 15 is 0 Å². The van der Waals surface area contributed by atoms with Crippen molar-refractivity contribution in [2.75, 3.05) is 32.8 Å². The molecule has 1 aromatic carbocycles. The van der Waals surface area contributed by atoms with E-state index in [1.807, 2.05) is 30.3 Å². The Labute approximate surface area is 141 Å². The monoisotopic (exact) mass is 327 g/mol. The highest BCUT2D eigenvalue weighted by Gasteiger charge is 2.24. The van der Waals surface area contributed by atoms with Crippen molar-refractivity contribution >= 4 is 11.8 Å². The molecule has 126 valence electrons. The van der Waals surface area contributed by atoms with Gasteiger partial charge in [-0.05, 0) is 24.3 Å². The largest absolute Gasteiger partial charge is 0.493 e. The minimum absolute atomic E-state index is 0.0143. The normalized spacial score (nSPS) is 14.5. The van der Waals surface area contributed by atoms with Gasteiger partial charge >= 0.3 is 0 Å². The summed E-state index contributed by atoms with van der Waals surface area (Å²) >= 11 is 0. The van der Waals surface area contributed by atoms with Crippen molar-refractivity contribution in [2.24, 2.45) is 0 Å². The number of aromatic amines is 1. The Morgan fingerprint density at radius 3 is 2.33 bits per heavy atom. The van der Waals surface area contributed by atoms with Crippen LogP contribution in [0.4, 0.5) is 0 Å². The van der Waals surface area contributed by atoms with E-state index in [-0.39, 0.29) is 11.8 Å². The van der Waals surface area contributed by atoms with Gasteiger partial charge in [0.25, 0.3) is 5.91 Å². The van der Waals surface area contributed by atoms with Crippen LogP contribution in [0.3, 0.4) is 0 Å². The van der Waals surface area contributed by atoms with Crippen LogP contribution in [0.2, 0.25) is 0 Å². The lowest BCUT2D eigenvalue weighted by molar-refractivity contribution is -0.133. The molecule has 3 rings (SSSR count). The van der Waals surface area contributed by atoms with Crippen molar-refractivity contribution in [1.82, 2.24) is 14.8 Å². The molecule has 0 bridgehead atoms. The van der Waals surface area contributed by atoms with Crippen LogP contribution in [0.25, 0.3) is 0 Å². The molecule has 0 saturated carbocycles. The lowest BCUT2D eigenvalue weighted by atomic mass is 10.2. The van der Waals surface area contributed by atoms with E-state index in [0.717, 1.165) is 5.75 Å². The summed E-state index contributed by atoms with van der Waals surface area (Å²) < 4.78 is 5.56. The van der Waals surface area contributed by atoms with Crippen LogP contribution in [0.15, 0.2) is 48.7 Å². The molecule has 24 heavy (non-hydrogen) atoms. The fourth-order valence-corrected chi connectivity index (χ4v) is 2.72. The maximum absolute atomic E-state index is 12.2. The summed E-state index contributed by atoms with van der Waals surface area (Å²) in [5.41, 5.74) is 0.589. The second-order valence-electron chi connectivity index (χ2n) is 5.67. The Morgan fingerprint density at radius 1 is 0.958 bits per heavy atom. The third-order valence-corrected chi connectivity index (χ3v) is 4.08. The van der Waals surface area contributed by atoms with Crippen molar-refractivity contribution < 1.29 is 14.3 Å². The molecule has 0 aliphatic carbocycles. The number of benzene rings is 1. The summed E-state index contributed by atoms with van der Waals surface area (Å²) in [5.74, 6) is 0.823. The first-order valence-corrected chi connectivity index (χ1v) is 8.12. The molecule has 1 fully saturated rings. The lowest BCUT2D eigenvalue weighted by Gasteiger charge is -2.34. The Morgan fingerprint density at radius 2 is 1.67 bits per heavy atom. The zero-order chi connectivity index (χ0) is 16.8. The predicted molar refractivity (Wildman–Crippen MR) is 89.8 cm³/mol. The highest BCUT2D eigenvalue weighted by Crippen LogP contribution is 2.11. The average molecular weight is 327 g/mol. The van der Waals surface area contributed by atoms with E-state index in [1.165, 1.54) is 0 Å². The van der Waals surface area contributed by atoms with Crippen molar-refractivity contribution in [2.45, 2.75) is 6.42 Å². The molecule has 2 aromatic rings. The molecule has 6 nitrogen and oxygen atoms in total. The summed E-state index contributed by atoms with van der Waals surface area (Å²) in [6, 6.07) is 13.0. The summed E-state index contributed by atoms with van der Waals surface area (Å²) in [4.78, 5) is 31.0. The number of hydrogen-bond donors (Lipinski definition) is 1. The smallest absolute Gasteiger partial charge is 0.270 e. The first-order valence-electron chi connectivity index (χ1n) is 8.12. The Kier molecular flexibility index (Phi) is 5.15. The highest BCUT2D eigenvalue weighted by molar-refractivity contribution is 5.92. The van der Waals surface area contributed by atoms with Gasteiger partial charge in [-0.1, -0.05) is 18.2 Å². The molecule has 1 aromatic heterocycles. The summed E-state index contributed by atoms with van der Waals surface area (Å²) in [6.07, 6.45) is 2.08. The van der Waals surface area contributed by atoms with Crippen LogP contribution in [-0.4, -0.2) is 59.4 Å². The van der Waals surface area contributed by atoms with E-state index in [0.29, 0.717) is 44.9 Å². The second kappa shape index (κ2) is 7.68. The van der Waals surface area contributed by atoms with E-state index in [9.17, 15) is 9.59 Å². The predicted octanol–water partition coefficient (Wildman–Crippen LogP) is 1.77. The fraction of sp³-hybridized carbons (Fsp3) is 0.333. The number of hydrogen-bond acceptors (Lipinski definition) is 3. The van der Waals surface area contributed by atoms with Crippen LogP contribution in [0.5, 0.6) is 5.75 Å². The number of nitrogens with zero attached hydrogens (tertiary/aromatic N) is 2. The fourth-order valence-electron chi connectivity index (χ4n) is 2.72. The maximum Gasteiger partial charge on any atom is 0.270 e. The topological polar surface area (TPSA) is 65.6 Å². The number of ether oxygens (including phenoxy) is 1. The molecule has 2 amide bonds. The summed E-state index contributed by atoms with van der Waals surface area (Å²) in [7, 11) is 0. The number of carbonyl (C=O) groups excluding carboxylic acids is 2. The van der Waals surface area contributed by atoms with Crippen molar-refractivity contribution in [3.63, 3.8) is 0 Å². The van der Waals surface area contributed by atoms with E-state index in [2.05, 4.69) is 4.98 Å². The van der Waals surface area contributed by atoms with Crippen molar-refractivity contribution in [3.05, 3.63) is 54.4 Å². The average Bonchev–Trinajstić information content (AvgIpc) is 3.17. The van der Waals surface area contributed by atoms with E-state index in [1.54, 1.807) is 28.1 Å². The van der Waals surface area contributed by atoms with Crippen LogP contribution in [0, 0.1) is 0 Å². The third-order valence-electron chi connectivity index (χ3n) is 4.08. The van der Waals surface area contributed by atoms with E-state index < -0.39 is 0 Å². The van der Waals surface area contributed by atoms with Gasteiger partial charge in [0.15, 0.2) is 0 Å². The van der Waals surface area contributed by atoms with Crippen molar-refractivity contribution in [1.29, 1.82) is 0 Å². The van der Waals surface area contributed by atoms with Gasteiger partial charge < -0.3 is 19.5 Å². The number of nitrogens with one attached hydrogen (secondary N) is 1. The number of rotatable bonds is 5. The molecule has 1 aliphatic rings. The lowest BCUT2D eigenvalue weighted by Crippen LogP contribution is -2.50. The summed E-state index contributed by atoms with van der Waals surface area (Å²) in [6.45, 7) is 2.62. The van der Waals surface area contributed by atoms with E-state index in [4.69, 9.17) is 4.74 Å². The van der Waals surface area contributed by atoms with Crippen LogP contribution in [-0.2, 0) is 4.79 Å². The zero-order valence-corrected chi connectivity index (χ0v) is 13.5. The van der Waals surface area contributed by atoms with Crippen LogP contribution >= 0.6 is 0 Å². The first-order chi connectivity index (χ1) is 11.7. The Balaban J connectivity index is 1.41. The number of para-hydroxylation sites is 1. The first kappa shape index (κ1) is 16.1.